The number of rotatable bonds is 7. The number of nitrogens with one attached hydrogen (secondary N) is 1. The van der Waals surface area contributed by atoms with Crippen LogP contribution in [-0.4, -0.2) is 44.7 Å². The monoisotopic (exact) mass is 325 g/mol. The Morgan fingerprint density at radius 3 is 2.58 bits per heavy atom. The summed E-state index contributed by atoms with van der Waals surface area (Å²) in [5, 5.41) is 6.32. The van der Waals surface area contributed by atoms with Gasteiger partial charge in [-0.3, -0.25) is 0 Å². The Bertz CT molecular complexity index is 645. The van der Waals surface area contributed by atoms with Gasteiger partial charge in [0.15, 0.2) is 0 Å². The van der Waals surface area contributed by atoms with Gasteiger partial charge in [-0.1, -0.05) is 44.4 Å². The molecule has 0 aromatic heterocycles. The van der Waals surface area contributed by atoms with E-state index in [1.807, 2.05) is 0 Å². The molecule has 1 aliphatic heterocycles. The highest BCUT2D eigenvalue weighted by atomic mass is 15.2. The van der Waals surface area contributed by atoms with Gasteiger partial charge in [-0.2, -0.15) is 0 Å². The molecule has 24 heavy (non-hydrogen) atoms. The van der Waals surface area contributed by atoms with Crippen LogP contribution in [0.1, 0.15) is 32.6 Å². The minimum atomic E-state index is 1.07. The highest BCUT2D eigenvalue weighted by Gasteiger charge is 2.16. The van der Waals surface area contributed by atoms with E-state index in [9.17, 15) is 0 Å². The summed E-state index contributed by atoms with van der Waals surface area (Å²) in [5.74, 6) is 0. The Kier molecular flexibility index (Phi) is 5.97. The summed E-state index contributed by atoms with van der Waals surface area (Å²) in [6.07, 6.45) is 5.22. The van der Waals surface area contributed by atoms with Gasteiger partial charge in [-0.15, -0.1) is 0 Å². The second-order valence-corrected chi connectivity index (χ2v) is 6.99. The number of likely N-dealkylation sites (N-methyl/N-ethyl adjacent to an activating group) is 1. The molecule has 0 amide bonds. The summed E-state index contributed by atoms with van der Waals surface area (Å²) in [6.45, 7) is 7.85. The molecule has 0 aliphatic carbocycles. The van der Waals surface area contributed by atoms with Gasteiger partial charge in [0, 0.05) is 49.5 Å². The fourth-order valence-electron chi connectivity index (χ4n) is 3.47. The third kappa shape index (κ3) is 4.21. The number of anilines is 2. The zero-order valence-electron chi connectivity index (χ0n) is 15.2. The van der Waals surface area contributed by atoms with Crippen LogP contribution in [0.15, 0.2) is 36.4 Å². The van der Waals surface area contributed by atoms with Crippen molar-refractivity contribution < 1.29 is 0 Å². The molecule has 0 bridgehead atoms. The predicted octanol–water partition coefficient (Wildman–Crippen LogP) is 4.58. The molecule has 1 saturated heterocycles. The maximum atomic E-state index is 3.61. The largest absolute Gasteiger partial charge is 0.385 e. The fraction of sp³-hybridized carbons (Fsp3) is 0.524. The van der Waals surface area contributed by atoms with Crippen LogP contribution in [-0.2, 0) is 0 Å². The maximum Gasteiger partial charge on any atom is 0.0447 e. The predicted molar refractivity (Wildman–Crippen MR) is 106 cm³/mol. The molecule has 3 nitrogen and oxygen atoms in total. The maximum absolute atomic E-state index is 3.61. The van der Waals surface area contributed by atoms with Crippen molar-refractivity contribution in [2.75, 3.05) is 50.0 Å². The lowest BCUT2D eigenvalue weighted by atomic mass is 10.1. The Morgan fingerprint density at radius 2 is 1.79 bits per heavy atom. The second kappa shape index (κ2) is 8.39. The molecule has 1 heterocycles. The Balaban J connectivity index is 1.73. The summed E-state index contributed by atoms with van der Waals surface area (Å²) in [7, 11) is 2.21. The number of benzene rings is 2. The normalized spacial score (nSPS) is 15.8. The van der Waals surface area contributed by atoms with E-state index in [0.717, 1.165) is 32.7 Å². The highest BCUT2D eigenvalue weighted by Crippen LogP contribution is 2.30. The van der Waals surface area contributed by atoms with Gasteiger partial charge in [-0.25, -0.2) is 0 Å². The quantitative estimate of drug-likeness (QED) is 0.752. The van der Waals surface area contributed by atoms with Gasteiger partial charge in [0.1, 0.15) is 0 Å². The van der Waals surface area contributed by atoms with E-state index in [1.54, 1.807) is 0 Å². The van der Waals surface area contributed by atoms with Gasteiger partial charge < -0.3 is 15.1 Å². The van der Waals surface area contributed by atoms with Crippen molar-refractivity contribution in [3.63, 3.8) is 0 Å². The number of piperazine rings is 1. The molecule has 3 rings (SSSR count). The third-order valence-corrected chi connectivity index (χ3v) is 5.06. The summed E-state index contributed by atoms with van der Waals surface area (Å²) in [6, 6.07) is 13.5. The van der Waals surface area contributed by atoms with Gasteiger partial charge in [0.2, 0.25) is 0 Å². The molecule has 0 unspecified atom stereocenters. The SMILES string of the molecule is CCCCCCNc1ccc2cccc(N3CCN(C)CC3)c2c1. The summed E-state index contributed by atoms with van der Waals surface area (Å²) in [5.41, 5.74) is 2.64. The van der Waals surface area contributed by atoms with E-state index in [4.69, 9.17) is 0 Å². The lowest BCUT2D eigenvalue weighted by Crippen LogP contribution is -2.44. The van der Waals surface area contributed by atoms with E-state index in [0.29, 0.717) is 0 Å². The van der Waals surface area contributed by atoms with Crippen molar-refractivity contribution in [3.8, 4) is 0 Å². The van der Waals surface area contributed by atoms with Crippen LogP contribution in [0.2, 0.25) is 0 Å². The first-order chi connectivity index (χ1) is 11.8. The van der Waals surface area contributed by atoms with Crippen LogP contribution < -0.4 is 10.2 Å². The van der Waals surface area contributed by atoms with E-state index in [1.165, 1.54) is 47.8 Å². The smallest absolute Gasteiger partial charge is 0.0447 e. The lowest BCUT2D eigenvalue weighted by molar-refractivity contribution is 0.313. The van der Waals surface area contributed by atoms with Crippen molar-refractivity contribution in [1.29, 1.82) is 0 Å². The first kappa shape index (κ1) is 17.1. The molecule has 0 spiro atoms. The van der Waals surface area contributed by atoms with Crippen LogP contribution in [0, 0.1) is 0 Å². The average molecular weight is 326 g/mol. The van der Waals surface area contributed by atoms with Gasteiger partial charge >= 0.3 is 0 Å². The minimum Gasteiger partial charge on any atom is -0.385 e. The minimum absolute atomic E-state index is 1.07. The summed E-state index contributed by atoms with van der Waals surface area (Å²) < 4.78 is 0. The van der Waals surface area contributed by atoms with Crippen LogP contribution >= 0.6 is 0 Å². The molecule has 0 atom stereocenters. The first-order valence-electron chi connectivity index (χ1n) is 9.48. The number of nitrogens with zero attached hydrogens (tertiary/aromatic N) is 2. The van der Waals surface area contributed by atoms with E-state index < -0.39 is 0 Å². The number of fused-ring (bicyclic) bond motifs is 1. The lowest BCUT2D eigenvalue weighted by Gasteiger charge is -2.34. The van der Waals surface area contributed by atoms with Gasteiger partial charge in [0.05, 0.1) is 0 Å². The molecular formula is C21H31N3. The summed E-state index contributed by atoms with van der Waals surface area (Å²) in [4.78, 5) is 4.94. The molecule has 3 heteroatoms. The van der Waals surface area contributed by atoms with Crippen LogP contribution in [0.5, 0.6) is 0 Å². The van der Waals surface area contributed by atoms with E-state index in [2.05, 4.69) is 65.5 Å². The molecule has 1 fully saturated rings. The molecule has 2 aromatic carbocycles. The van der Waals surface area contributed by atoms with E-state index in [-0.39, 0.29) is 0 Å². The highest BCUT2D eigenvalue weighted by molar-refractivity contribution is 5.96. The van der Waals surface area contributed by atoms with Crippen LogP contribution in [0.3, 0.4) is 0 Å². The number of hydrogen-bond acceptors (Lipinski definition) is 3. The van der Waals surface area contributed by atoms with Crippen molar-refractivity contribution in [3.05, 3.63) is 36.4 Å². The number of hydrogen-bond donors (Lipinski definition) is 1. The molecule has 0 saturated carbocycles. The Morgan fingerprint density at radius 1 is 0.958 bits per heavy atom. The van der Waals surface area contributed by atoms with Crippen LogP contribution in [0.25, 0.3) is 10.8 Å². The van der Waals surface area contributed by atoms with Gasteiger partial charge in [0.25, 0.3) is 0 Å². The standard InChI is InChI=1S/C21H31N3/c1-3-4-5-6-12-22-19-11-10-18-8-7-9-21(20(18)17-19)24-15-13-23(2)14-16-24/h7-11,17,22H,3-6,12-16H2,1-2H3. The molecule has 0 radical (unpaired) electrons. The molecular weight excluding hydrogens is 294 g/mol. The van der Waals surface area contributed by atoms with Crippen molar-refractivity contribution in [2.45, 2.75) is 32.6 Å². The molecule has 2 aromatic rings. The van der Waals surface area contributed by atoms with E-state index >= 15 is 0 Å². The second-order valence-electron chi connectivity index (χ2n) is 6.99. The average Bonchev–Trinajstić information content (AvgIpc) is 2.62. The Labute approximate surface area is 146 Å². The zero-order valence-corrected chi connectivity index (χ0v) is 15.2. The van der Waals surface area contributed by atoms with Crippen molar-refractivity contribution >= 4 is 22.1 Å². The topological polar surface area (TPSA) is 18.5 Å². The first-order valence-corrected chi connectivity index (χ1v) is 9.48. The van der Waals surface area contributed by atoms with Crippen molar-refractivity contribution in [2.24, 2.45) is 0 Å². The summed E-state index contributed by atoms with van der Waals surface area (Å²) >= 11 is 0. The molecule has 1 N–H and O–H groups in total. The van der Waals surface area contributed by atoms with Crippen LogP contribution in [0.4, 0.5) is 11.4 Å². The number of unbranched alkanes of at least 4 members (excludes halogenated alkanes) is 3. The zero-order chi connectivity index (χ0) is 16.8. The third-order valence-electron chi connectivity index (χ3n) is 5.06. The van der Waals surface area contributed by atoms with Crippen molar-refractivity contribution in [1.82, 2.24) is 4.90 Å². The fourth-order valence-corrected chi connectivity index (χ4v) is 3.47. The van der Waals surface area contributed by atoms with Gasteiger partial charge in [-0.05, 0) is 37.1 Å². The molecule has 1 aliphatic rings. The molecule has 130 valence electrons. The Hall–Kier alpha value is -1.74.